The molecule has 1 aromatic rings. The van der Waals surface area contributed by atoms with E-state index in [1.165, 1.54) is 13.0 Å². The van der Waals surface area contributed by atoms with Gasteiger partial charge in [0, 0.05) is 5.56 Å². The second kappa shape index (κ2) is 5.65. The van der Waals surface area contributed by atoms with E-state index in [2.05, 4.69) is 0 Å². The van der Waals surface area contributed by atoms with Gasteiger partial charge in [0.05, 0.1) is 6.61 Å². The number of aliphatic hydroxyl groups is 1. The van der Waals surface area contributed by atoms with Crippen molar-refractivity contribution in [1.29, 1.82) is 0 Å². The highest BCUT2D eigenvalue weighted by molar-refractivity contribution is 5.25. The molecule has 0 bridgehead atoms. The van der Waals surface area contributed by atoms with Crippen LogP contribution in [0.5, 0.6) is 0 Å². The summed E-state index contributed by atoms with van der Waals surface area (Å²) in [6.07, 6.45) is 0. The lowest BCUT2D eigenvalue weighted by atomic mass is 10.1. The minimum atomic E-state index is -0.699. The zero-order valence-electron chi connectivity index (χ0n) is 8.06. The van der Waals surface area contributed by atoms with Gasteiger partial charge in [0.25, 0.3) is 0 Å². The molecular weight excluding hydrogens is 174 g/mol. The van der Waals surface area contributed by atoms with Gasteiger partial charge in [-0.1, -0.05) is 19.9 Å². The van der Waals surface area contributed by atoms with Crippen molar-refractivity contribution < 1.29 is 13.9 Å². The van der Waals surface area contributed by atoms with E-state index in [4.69, 9.17) is 5.11 Å². The van der Waals surface area contributed by atoms with E-state index in [1.807, 2.05) is 13.8 Å². The van der Waals surface area contributed by atoms with E-state index < -0.39 is 18.2 Å². The van der Waals surface area contributed by atoms with Gasteiger partial charge < -0.3 is 5.11 Å². The zero-order chi connectivity index (χ0) is 10.4. The van der Waals surface area contributed by atoms with Gasteiger partial charge in [0.2, 0.25) is 0 Å². The van der Waals surface area contributed by atoms with Crippen LogP contribution in [0.1, 0.15) is 25.0 Å². The van der Waals surface area contributed by atoms with Gasteiger partial charge in [-0.15, -0.1) is 0 Å². The normalized spacial score (nSPS) is 9.08. The van der Waals surface area contributed by atoms with Crippen LogP contribution in [0.3, 0.4) is 0 Å². The Bertz CT molecular complexity index is 272. The summed E-state index contributed by atoms with van der Waals surface area (Å²) in [5, 5.41) is 8.54. The number of hydrogen-bond acceptors (Lipinski definition) is 1. The number of rotatable bonds is 1. The van der Waals surface area contributed by atoms with Crippen LogP contribution in [0.2, 0.25) is 0 Å². The molecule has 0 heterocycles. The molecule has 1 aromatic carbocycles. The molecule has 0 aromatic heterocycles. The maximum Gasteiger partial charge on any atom is 0.134 e. The molecule has 3 heteroatoms. The van der Waals surface area contributed by atoms with E-state index in [0.29, 0.717) is 5.56 Å². The van der Waals surface area contributed by atoms with Crippen molar-refractivity contribution in [2.24, 2.45) is 0 Å². The fraction of sp³-hybridized carbons (Fsp3) is 0.400. The van der Waals surface area contributed by atoms with Crippen LogP contribution in [0.25, 0.3) is 0 Å². The minimum absolute atomic E-state index is 0.259. The smallest absolute Gasteiger partial charge is 0.134 e. The van der Waals surface area contributed by atoms with Crippen molar-refractivity contribution >= 4 is 0 Å². The van der Waals surface area contributed by atoms with Gasteiger partial charge in [-0.2, -0.15) is 0 Å². The molecule has 0 radical (unpaired) electrons. The van der Waals surface area contributed by atoms with Crippen molar-refractivity contribution in [3.63, 3.8) is 0 Å². The van der Waals surface area contributed by atoms with E-state index in [-0.39, 0.29) is 5.56 Å². The maximum atomic E-state index is 12.9. The van der Waals surface area contributed by atoms with Crippen LogP contribution < -0.4 is 0 Å². The van der Waals surface area contributed by atoms with Gasteiger partial charge in [-0.25, -0.2) is 8.78 Å². The highest BCUT2D eigenvalue weighted by atomic mass is 19.1. The van der Waals surface area contributed by atoms with Crippen LogP contribution in [0.15, 0.2) is 12.1 Å². The van der Waals surface area contributed by atoms with Crippen molar-refractivity contribution in [1.82, 2.24) is 0 Å². The van der Waals surface area contributed by atoms with Crippen LogP contribution in [0.4, 0.5) is 8.78 Å². The molecule has 0 amide bonds. The predicted octanol–water partition coefficient (Wildman–Crippen LogP) is 2.79. The largest absolute Gasteiger partial charge is 0.391 e. The van der Waals surface area contributed by atoms with E-state index in [9.17, 15) is 8.78 Å². The van der Waals surface area contributed by atoms with Crippen molar-refractivity contribution in [2.45, 2.75) is 27.4 Å². The molecule has 74 valence electrons. The fourth-order valence-electron chi connectivity index (χ4n) is 0.860. The van der Waals surface area contributed by atoms with E-state index in [0.717, 1.165) is 6.07 Å². The molecule has 0 aliphatic heterocycles. The fourth-order valence-corrected chi connectivity index (χ4v) is 0.860. The summed E-state index contributed by atoms with van der Waals surface area (Å²) in [7, 11) is 0. The summed E-state index contributed by atoms with van der Waals surface area (Å²) in [5.41, 5.74) is 0.0838. The quantitative estimate of drug-likeness (QED) is 0.718. The van der Waals surface area contributed by atoms with Crippen LogP contribution in [-0.4, -0.2) is 5.11 Å². The molecule has 0 fully saturated rings. The average Bonchev–Trinajstić information content (AvgIpc) is 2.16. The van der Waals surface area contributed by atoms with Crippen molar-refractivity contribution in [3.05, 3.63) is 34.9 Å². The molecular formula is C10H14F2O. The first-order chi connectivity index (χ1) is 6.16. The predicted molar refractivity (Wildman–Crippen MR) is 48.4 cm³/mol. The first-order valence-corrected chi connectivity index (χ1v) is 4.21. The highest BCUT2D eigenvalue weighted by Crippen LogP contribution is 2.15. The Kier molecular flexibility index (Phi) is 5.23. The molecule has 0 saturated heterocycles. The summed E-state index contributed by atoms with van der Waals surface area (Å²) >= 11 is 0. The third-order valence-electron chi connectivity index (χ3n) is 1.54. The maximum absolute atomic E-state index is 12.9. The Morgan fingerprint density at radius 3 is 2.15 bits per heavy atom. The van der Waals surface area contributed by atoms with Crippen molar-refractivity contribution in [2.75, 3.05) is 0 Å². The standard InChI is InChI=1S/C8H8F2O.C2H6/c1-5-2-3-7(9)6(4-11)8(5)10;1-2/h2-3,11H,4H2,1H3;1-2H3. The molecule has 1 rings (SSSR count). The summed E-state index contributed by atoms with van der Waals surface area (Å²) in [5.74, 6) is -1.36. The molecule has 1 N–H and O–H groups in total. The third-order valence-corrected chi connectivity index (χ3v) is 1.54. The monoisotopic (exact) mass is 188 g/mol. The number of benzene rings is 1. The zero-order valence-corrected chi connectivity index (χ0v) is 8.06. The Morgan fingerprint density at radius 1 is 1.23 bits per heavy atom. The Hall–Kier alpha value is -0.960. The van der Waals surface area contributed by atoms with Gasteiger partial charge in [-0.05, 0) is 18.6 Å². The molecule has 0 unspecified atom stereocenters. The molecule has 0 aliphatic rings. The Balaban J connectivity index is 0.000000671. The summed E-state index contributed by atoms with van der Waals surface area (Å²) < 4.78 is 25.5. The third kappa shape index (κ3) is 2.77. The van der Waals surface area contributed by atoms with Gasteiger partial charge in [0.15, 0.2) is 0 Å². The number of hydrogen-bond donors (Lipinski definition) is 1. The first-order valence-electron chi connectivity index (χ1n) is 4.21. The van der Waals surface area contributed by atoms with Crippen LogP contribution >= 0.6 is 0 Å². The molecule has 13 heavy (non-hydrogen) atoms. The Morgan fingerprint density at radius 2 is 1.77 bits per heavy atom. The summed E-state index contributed by atoms with van der Waals surface area (Å²) in [6.45, 7) is 4.92. The van der Waals surface area contributed by atoms with Gasteiger partial charge in [-0.3, -0.25) is 0 Å². The highest BCUT2D eigenvalue weighted by Gasteiger charge is 2.08. The molecule has 1 nitrogen and oxygen atoms in total. The number of aryl methyl sites for hydroxylation is 1. The molecule has 0 spiro atoms. The minimum Gasteiger partial charge on any atom is -0.391 e. The Labute approximate surface area is 77.0 Å². The van der Waals surface area contributed by atoms with Crippen LogP contribution in [0, 0.1) is 18.6 Å². The second-order valence-corrected chi connectivity index (χ2v) is 2.31. The molecule has 0 atom stereocenters. The molecule has 0 aliphatic carbocycles. The lowest BCUT2D eigenvalue weighted by Crippen LogP contribution is -1.97. The lowest BCUT2D eigenvalue weighted by Gasteiger charge is -2.02. The first kappa shape index (κ1) is 12.0. The van der Waals surface area contributed by atoms with E-state index >= 15 is 0 Å². The summed E-state index contributed by atoms with van der Waals surface area (Å²) in [6, 6.07) is 2.48. The van der Waals surface area contributed by atoms with Crippen LogP contribution in [-0.2, 0) is 6.61 Å². The SMILES string of the molecule is CC.Cc1ccc(F)c(CO)c1F. The summed E-state index contributed by atoms with van der Waals surface area (Å²) in [4.78, 5) is 0. The van der Waals surface area contributed by atoms with Gasteiger partial charge in [0.1, 0.15) is 11.6 Å². The number of aliphatic hydroxyl groups excluding tert-OH is 1. The lowest BCUT2D eigenvalue weighted by molar-refractivity contribution is 0.268. The van der Waals surface area contributed by atoms with Gasteiger partial charge >= 0.3 is 0 Å². The topological polar surface area (TPSA) is 20.2 Å². The average molecular weight is 188 g/mol. The van der Waals surface area contributed by atoms with Crippen molar-refractivity contribution in [3.8, 4) is 0 Å². The number of halogens is 2. The van der Waals surface area contributed by atoms with E-state index in [1.54, 1.807) is 0 Å². The molecule has 0 saturated carbocycles. The second-order valence-electron chi connectivity index (χ2n) is 2.31.